The molecule has 94 valence electrons. The van der Waals surface area contributed by atoms with Gasteiger partial charge in [-0.3, -0.25) is 4.79 Å². The van der Waals surface area contributed by atoms with E-state index in [9.17, 15) is 18.0 Å². The summed E-state index contributed by atoms with van der Waals surface area (Å²) in [6, 6.07) is 3.20. The molecule has 0 radical (unpaired) electrons. The number of hydrogen-bond donors (Lipinski definition) is 1. The highest BCUT2D eigenvalue weighted by Gasteiger charge is 2.31. The molecule has 17 heavy (non-hydrogen) atoms. The Hall–Kier alpha value is -0.750. The molecule has 7 heteroatoms. The van der Waals surface area contributed by atoms with Gasteiger partial charge < -0.3 is 5.32 Å². The highest BCUT2D eigenvalue weighted by atomic mass is 79.9. The third-order valence-electron chi connectivity index (χ3n) is 1.83. The van der Waals surface area contributed by atoms with Crippen LogP contribution in [0.3, 0.4) is 0 Å². The fourth-order valence-electron chi connectivity index (χ4n) is 1.13. The standard InChI is InChI=1S/C10H8BrClF3NO/c11-7-3-6(10(13,14)15)4-8(5-7)16-9(17)1-2-12/h3-5H,1-2H2,(H,16,17). The van der Waals surface area contributed by atoms with Crippen molar-refractivity contribution in [3.05, 3.63) is 28.2 Å². The normalized spacial score (nSPS) is 11.4. The second kappa shape index (κ2) is 5.73. The van der Waals surface area contributed by atoms with E-state index in [0.717, 1.165) is 12.1 Å². The first-order valence-electron chi connectivity index (χ1n) is 4.56. The van der Waals surface area contributed by atoms with Crippen molar-refractivity contribution in [1.29, 1.82) is 0 Å². The van der Waals surface area contributed by atoms with Crippen molar-refractivity contribution < 1.29 is 18.0 Å². The second-order valence-corrected chi connectivity index (χ2v) is 4.51. The maximum Gasteiger partial charge on any atom is 0.416 e. The van der Waals surface area contributed by atoms with Crippen LogP contribution in [-0.2, 0) is 11.0 Å². The maximum atomic E-state index is 12.5. The third kappa shape index (κ3) is 4.55. The van der Waals surface area contributed by atoms with E-state index in [1.165, 1.54) is 6.07 Å². The number of amides is 1. The van der Waals surface area contributed by atoms with Gasteiger partial charge in [0.2, 0.25) is 5.91 Å². The number of benzene rings is 1. The molecule has 1 amide bonds. The molecule has 0 aliphatic heterocycles. The zero-order valence-electron chi connectivity index (χ0n) is 8.44. The summed E-state index contributed by atoms with van der Waals surface area (Å²) in [6.07, 6.45) is -4.40. The Labute approximate surface area is 109 Å². The topological polar surface area (TPSA) is 29.1 Å². The number of carbonyl (C=O) groups is 1. The summed E-state index contributed by atoms with van der Waals surface area (Å²) in [5, 5.41) is 2.34. The second-order valence-electron chi connectivity index (χ2n) is 3.21. The van der Waals surface area contributed by atoms with Crippen molar-refractivity contribution in [3.63, 3.8) is 0 Å². The van der Waals surface area contributed by atoms with Crippen LogP contribution in [0.5, 0.6) is 0 Å². The fourth-order valence-corrected chi connectivity index (χ4v) is 1.80. The van der Waals surface area contributed by atoms with Gasteiger partial charge in [0, 0.05) is 22.5 Å². The van der Waals surface area contributed by atoms with Gasteiger partial charge in [0.05, 0.1) is 5.56 Å². The van der Waals surface area contributed by atoms with E-state index in [1.54, 1.807) is 0 Å². The van der Waals surface area contributed by atoms with Crippen LogP contribution in [-0.4, -0.2) is 11.8 Å². The van der Waals surface area contributed by atoms with Crippen LogP contribution in [0.4, 0.5) is 18.9 Å². The molecule has 1 N–H and O–H groups in total. The average Bonchev–Trinajstić information content (AvgIpc) is 2.15. The number of alkyl halides is 4. The van der Waals surface area contributed by atoms with Gasteiger partial charge >= 0.3 is 6.18 Å². The summed E-state index contributed by atoms with van der Waals surface area (Å²) in [4.78, 5) is 11.2. The molecular formula is C10H8BrClF3NO. The Morgan fingerprint density at radius 1 is 1.35 bits per heavy atom. The summed E-state index contributed by atoms with van der Waals surface area (Å²) >= 11 is 8.30. The molecule has 1 aromatic rings. The van der Waals surface area contributed by atoms with Crippen LogP contribution >= 0.6 is 27.5 Å². The van der Waals surface area contributed by atoms with E-state index in [0.29, 0.717) is 0 Å². The van der Waals surface area contributed by atoms with Crippen molar-refractivity contribution in [2.24, 2.45) is 0 Å². The van der Waals surface area contributed by atoms with Crippen molar-refractivity contribution in [2.75, 3.05) is 11.2 Å². The predicted octanol–water partition coefficient (Wildman–Crippen LogP) is 4.04. The van der Waals surface area contributed by atoms with Gasteiger partial charge in [0.1, 0.15) is 0 Å². The van der Waals surface area contributed by atoms with Crippen LogP contribution in [0.1, 0.15) is 12.0 Å². The summed E-state index contributed by atoms with van der Waals surface area (Å²) < 4.78 is 37.7. The number of hydrogen-bond acceptors (Lipinski definition) is 1. The van der Waals surface area contributed by atoms with Crippen molar-refractivity contribution in [1.82, 2.24) is 0 Å². The van der Waals surface area contributed by atoms with Gasteiger partial charge in [-0.25, -0.2) is 0 Å². The number of carbonyl (C=O) groups excluding carboxylic acids is 1. The van der Waals surface area contributed by atoms with Crippen LogP contribution in [0, 0.1) is 0 Å². The lowest BCUT2D eigenvalue weighted by molar-refractivity contribution is -0.137. The Kier molecular flexibility index (Phi) is 4.82. The van der Waals surface area contributed by atoms with Crippen LogP contribution in [0.15, 0.2) is 22.7 Å². The van der Waals surface area contributed by atoms with Gasteiger partial charge in [0.25, 0.3) is 0 Å². The summed E-state index contributed by atoms with van der Waals surface area (Å²) in [7, 11) is 0. The first kappa shape index (κ1) is 14.3. The smallest absolute Gasteiger partial charge is 0.326 e. The molecule has 0 spiro atoms. The molecular weight excluding hydrogens is 322 g/mol. The minimum atomic E-state index is -4.45. The van der Waals surface area contributed by atoms with E-state index in [4.69, 9.17) is 11.6 Å². The average molecular weight is 331 g/mol. The van der Waals surface area contributed by atoms with Gasteiger partial charge in [-0.1, -0.05) is 15.9 Å². The molecule has 2 nitrogen and oxygen atoms in total. The molecule has 0 atom stereocenters. The molecule has 0 heterocycles. The lowest BCUT2D eigenvalue weighted by Crippen LogP contribution is -2.13. The molecule has 0 bridgehead atoms. The first-order valence-corrected chi connectivity index (χ1v) is 5.89. The summed E-state index contributed by atoms with van der Waals surface area (Å²) in [5.74, 6) is -0.308. The number of anilines is 1. The molecule has 0 unspecified atom stereocenters. The van der Waals surface area contributed by atoms with E-state index in [2.05, 4.69) is 21.2 Å². The minimum Gasteiger partial charge on any atom is -0.326 e. The van der Waals surface area contributed by atoms with E-state index >= 15 is 0 Å². The molecule has 0 saturated carbocycles. The molecule has 0 aliphatic rings. The summed E-state index contributed by atoms with van der Waals surface area (Å²) in [5.41, 5.74) is -0.741. The minimum absolute atomic E-state index is 0.0510. The van der Waals surface area contributed by atoms with E-state index < -0.39 is 17.6 Å². The van der Waals surface area contributed by atoms with Crippen LogP contribution in [0.2, 0.25) is 0 Å². The van der Waals surface area contributed by atoms with Gasteiger partial charge in [-0.2, -0.15) is 13.2 Å². The lowest BCUT2D eigenvalue weighted by Gasteiger charge is -2.10. The molecule has 0 aliphatic carbocycles. The zero-order valence-corrected chi connectivity index (χ0v) is 10.8. The van der Waals surface area contributed by atoms with Gasteiger partial charge in [-0.05, 0) is 18.2 Å². The van der Waals surface area contributed by atoms with Gasteiger partial charge in [0.15, 0.2) is 0 Å². The number of nitrogens with one attached hydrogen (secondary N) is 1. The molecule has 0 fully saturated rings. The SMILES string of the molecule is O=C(CCCl)Nc1cc(Br)cc(C(F)(F)F)c1. The van der Waals surface area contributed by atoms with Crippen molar-refractivity contribution >= 4 is 39.1 Å². The summed E-state index contributed by atoms with van der Waals surface area (Å²) in [6.45, 7) is 0. The van der Waals surface area contributed by atoms with E-state index in [1.807, 2.05) is 0 Å². The molecule has 1 rings (SSSR count). The van der Waals surface area contributed by atoms with Crippen molar-refractivity contribution in [3.8, 4) is 0 Å². The quantitative estimate of drug-likeness (QED) is 0.833. The largest absolute Gasteiger partial charge is 0.416 e. The predicted molar refractivity (Wildman–Crippen MR) is 63.1 cm³/mol. The zero-order chi connectivity index (χ0) is 13.1. The Morgan fingerprint density at radius 2 is 2.00 bits per heavy atom. The Bertz CT molecular complexity index is 423. The maximum absolute atomic E-state index is 12.5. The molecule has 0 saturated heterocycles. The van der Waals surface area contributed by atoms with Crippen molar-refractivity contribution in [2.45, 2.75) is 12.6 Å². The molecule has 0 aromatic heterocycles. The van der Waals surface area contributed by atoms with Gasteiger partial charge in [-0.15, -0.1) is 11.6 Å². The van der Waals surface area contributed by atoms with Crippen LogP contribution in [0.25, 0.3) is 0 Å². The highest BCUT2D eigenvalue weighted by Crippen LogP contribution is 2.33. The number of rotatable bonds is 3. The van der Waals surface area contributed by atoms with Crippen LogP contribution < -0.4 is 5.32 Å². The first-order chi connectivity index (χ1) is 7.82. The Balaban J connectivity index is 2.94. The Morgan fingerprint density at radius 3 is 2.53 bits per heavy atom. The number of halogens is 5. The third-order valence-corrected chi connectivity index (χ3v) is 2.48. The highest BCUT2D eigenvalue weighted by molar-refractivity contribution is 9.10. The van der Waals surface area contributed by atoms with E-state index in [-0.39, 0.29) is 22.5 Å². The molecule has 1 aromatic carbocycles. The lowest BCUT2D eigenvalue weighted by atomic mass is 10.2. The monoisotopic (exact) mass is 329 g/mol. The fraction of sp³-hybridized carbons (Fsp3) is 0.300.